The van der Waals surface area contributed by atoms with Crippen molar-refractivity contribution in [1.29, 1.82) is 0 Å². The van der Waals surface area contributed by atoms with Crippen molar-refractivity contribution in [3.05, 3.63) is 64.3 Å². The monoisotopic (exact) mass is 403 g/mol. The van der Waals surface area contributed by atoms with Crippen molar-refractivity contribution in [2.24, 2.45) is 0 Å². The molecule has 2 heterocycles. The Morgan fingerprint density at radius 3 is 2.41 bits per heavy atom. The summed E-state index contributed by atoms with van der Waals surface area (Å²) in [5, 5.41) is 4.64. The van der Waals surface area contributed by atoms with E-state index in [0.29, 0.717) is 6.61 Å². The largest absolute Gasteiger partial charge is 0.494 e. The highest BCUT2D eigenvalue weighted by atomic mass is 32.1. The van der Waals surface area contributed by atoms with E-state index in [2.05, 4.69) is 56.4 Å². The zero-order valence-corrected chi connectivity index (χ0v) is 18.3. The number of aryl methyl sites for hydroxylation is 4. The molecule has 0 aliphatic carbocycles. The van der Waals surface area contributed by atoms with Crippen molar-refractivity contribution < 1.29 is 4.74 Å². The number of nitrogens with one attached hydrogen (secondary N) is 1. The zero-order valence-electron chi connectivity index (χ0n) is 17.5. The minimum atomic E-state index is 0.664. The number of anilines is 2. The summed E-state index contributed by atoms with van der Waals surface area (Å²) in [7, 11) is 0. The van der Waals surface area contributed by atoms with Gasteiger partial charge in [0, 0.05) is 16.1 Å². The molecule has 0 spiro atoms. The quantitative estimate of drug-likeness (QED) is 0.401. The van der Waals surface area contributed by atoms with Gasteiger partial charge in [-0.1, -0.05) is 29.8 Å². The molecular weight excluding hydrogens is 378 g/mol. The maximum absolute atomic E-state index is 5.60. The highest BCUT2D eigenvalue weighted by Gasteiger charge is 2.18. The first-order valence-electron chi connectivity index (χ1n) is 9.81. The molecule has 1 N–H and O–H groups in total. The van der Waals surface area contributed by atoms with Crippen molar-refractivity contribution in [1.82, 2.24) is 9.97 Å². The third kappa shape index (κ3) is 3.83. The van der Waals surface area contributed by atoms with Gasteiger partial charge in [-0.05, 0) is 63.9 Å². The van der Waals surface area contributed by atoms with Gasteiger partial charge >= 0.3 is 0 Å². The minimum absolute atomic E-state index is 0.664. The van der Waals surface area contributed by atoms with Gasteiger partial charge in [0.25, 0.3) is 0 Å². The van der Waals surface area contributed by atoms with E-state index in [-0.39, 0.29) is 0 Å². The number of hydrogen-bond donors (Lipinski definition) is 1. The van der Waals surface area contributed by atoms with E-state index in [1.165, 1.54) is 21.6 Å². The normalized spacial score (nSPS) is 11.1. The second kappa shape index (κ2) is 7.84. The number of ether oxygens (including phenoxy) is 1. The number of nitrogens with zero attached hydrogens (tertiary/aromatic N) is 2. The van der Waals surface area contributed by atoms with Crippen molar-refractivity contribution in [3.8, 4) is 16.9 Å². The number of benzene rings is 2. The lowest BCUT2D eigenvalue weighted by Crippen LogP contribution is -2.00. The number of thiophene rings is 1. The molecule has 0 fully saturated rings. The van der Waals surface area contributed by atoms with Gasteiger partial charge in [-0.2, -0.15) is 0 Å². The first kappa shape index (κ1) is 19.4. The van der Waals surface area contributed by atoms with E-state index >= 15 is 0 Å². The third-order valence-electron chi connectivity index (χ3n) is 4.93. The minimum Gasteiger partial charge on any atom is -0.494 e. The molecule has 0 aliphatic heterocycles. The summed E-state index contributed by atoms with van der Waals surface area (Å²) in [5.41, 5.74) is 5.84. The summed E-state index contributed by atoms with van der Waals surface area (Å²) >= 11 is 1.71. The Balaban J connectivity index is 1.86. The molecule has 29 heavy (non-hydrogen) atoms. The molecule has 4 aromatic rings. The zero-order chi connectivity index (χ0) is 20.5. The molecule has 0 amide bonds. The Morgan fingerprint density at radius 2 is 1.72 bits per heavy atom. The predicted octanol–water partition coefficient (Wildman–Crippen LogP) is 6.73. The molecule has 0 atom stereocenters. The van der Waals surface area contributed by atoms with Crippen LogP contribution in [-0.4, -0.2) is 16.6 Å². The summed E-state index contributed by atoms with van der Waals surface area (Å²) in [6.07, 6.45) is 0. The fraction of sp³-hybridized carbons (Fsp3) is 0.250. The van der Waals surface area contributed by atoms with E-state index in [1.54, 1.807) is 11.3 Å². The summed E-state index contributed by atoms with van der Waals surface area (Å²) < 4.78 is 5.60. The molecular formula is C24H25N3OS. The molecule has 0 radical (unpaired) electrons. The first-order chi connectivity index (χ1) is 14.0. The predicted molar refractivity (Wildman–Crippen MR) is 123 cm³/mol. The lowest BCUT2D eigenvalue weighted by atomic mass is 10.0. The highest BCUT2D eigenvalue weighted by Crippen LogP contribution is 2.42. The van der Waals surface area contributed by atoms with Gasteiger partial charge in [-0.3, -0.25) is 0 Å². The van der Waals surface area contributed by atoms with Crippen LogP contribution in [-0.2, 0) is 0 Å². The summed E-state index contributed by atoms with van der Waals surface area (Å²) in [6, 6.07) is 14.7. The molecule has 0 aliphatic rings. The van der Waals surface area contributed by atoms with Crippen LogP contribution in [0.5, 0.6) is 5.75 Å². The van der Waals surface area contributed by atoms with Crippen LogP contribution in [0.1, 0.15) is 28.8 Å². The van der Waals surface area contributed by atoms with Gasteiger partial charge in [0.05, 0.1) is 12.0 Å². The Hall–Kier alpha value is -2.92. The van der Waals surface area contributed by atoms with Crippen molar-refractivity contribution in [2.45, 2.75) is 34.6 Å². The second-order valence-corrected chi connectivity index (χ2v) is 8.44. The molecule has 2 aromatic heterocycles. The fourth-order valence-electron chi connectivity index (χ4n) is 3.62. The molecule has 0 saturated heterocycles. The highest BCUT2D eigenvalue weighted by molar-refractivity contribution is 7.19. The van der Waals surface area contributed by atoms with Crippen molar-refractivity contribution >= 4 is 33.1 Å². The van der Waals surface area contributed by atoms with Gasteiger partial charge in [0.15, 0.2) is 0 Å². The maximum Gasteiger partial charge on any atom is 0.143 e. The topological polar surface area (TPSA) is 47.0 Å². The number of fused-ring (bicyclic) bond motifs is 1. The SMILES string of the molecule is CCOc1ccc(-c2c(C)sc3nc(C)nc(Nc4ccc(C)cc4C)c23)cc1. The van der Waals surface area contributed by atoms with E-state index in [4.69, 9.17) is 14.7 Å². The van der Waals surface area contributed by atoms with Crippen LogP contribution in [0.2, 0.25) is 0 Å². The van der Waals surface area contributed by atoms with Gasteiger partial charge in [-0.25, -0.2) is 9.97 Å². The van der Waals surface area contributed by atoms with Crippen LogP contribution >= 0.6 is 11.3 Å². The lowest BCUT2D eigenvalue weighted by molar-refractivity contribution is 0.340. The molecule has 5 heteroatoms. The molecule has 2 aromatic carbocycles. The van der Waals surface area contributed by atoms with Crippen LogP contribution in [0, 0.1) is 27.7 Å². The number of rotatable bonds is 5. The van der Waals surface area contributed by atoms with Crippen LogP contribution < -0.4 is 10.1 Å². The first-order valence-corrected chi connectivity index (χ1v) is 10.6. The average Bonchev–Trinajstić information content (AvgIpc) is 3.00. The van der Waals surface area contributed by atoms with Gasteiger partial charge in [0.1, 0.15) is 22.2 Å². The van der Waals surface area contributed by atoms with E-state index in [0.717, 1.165) is 38.9 Å². The number of aromatic nitrogens is 2. The van der Waals surface area contributed by atoms with Crippen LogP contribution in [0.3, 0.4) is 0 Å². The maximum atomic E-state index is 5.60. The van der Waals surface area contributed by atoms with E-state index in [1.807, 2.05) is 26.0 Å². The second-order valence-electron chi connectivity index (χ2n) is 7.23. The van der Waals surface area contributed by atoms with Crippen molar-refractivity contribution in [2.75, 3.05) is 11.9 Å². The van der Waals surface area contributed by atoms with E-state index < -0.39 is 0 Å². The van der Waals surface area contributed by atoms with Gasteiger partial charge in [0.2, 0.25) is 0 Å². The molecule has 0 unspecified atom stereocenters. The molecule has 148 valence electrons. The summed E-state index contributed by atoms with van der Waals surface area (Å²) in [4.78, 5) is 11.7. The Kier molecular flexibility index (Phi) is 5.24. The molecule has 0 bridgehead atoms. The average molecular weight is 404 g/mol. The number of hydrogen-bond acceptors (Lipinski definition) is 5. The smallest absolute Gasteiger partial charge is 0.143 e. The standard InChI is InChI=1S/C24H25N3OS/c1-6-28-19-10-8-18(9-11-19)21-16(4)29-24-22(21)23(25-17(5)26-24)27-20-12-7-14(2)13-15(20)3/h7-13H,6H2,1-5H3,(H,25,26,27). The Labute approximate surface area is 175 Å². The van der Waals surface area contributed by atoms with Gasteiger partial charge in [-0.15, -0.1) is 11.3 Å². The van der Waals surface area contributed by atoms with Crippen LogP contribution in [0.4, 0.5) is 11.5 Å². The Morgan fingerprint density at radius 1 is 0.966 bits per heavy atom. The molecule has 4 nitrogen and oxygen atoms in total. The fourth-order valence-corrected chi connectivity index (χ4v) is 4.71. The summed E-state index contributed by atoms with van der Waals surface area (Å²) in [6.45, 7) is 11.0. The molecule has 4 rings (SSSR count). The van der Waals surface area contributed by atoms with Crippen LogP contribution in [0.15, 0.2) is 42.5 Å². The van der Waals surface area contributed by atoms with E-state index in [9.17, 15) is 0 Å². The Bertz CT molecular complexity index is 1180. The summed E-state index contributed by atoms with van der Waals surface area (Å²) in [5.74, 6) is 2.51. The van der Waals surface area contributed by atoms with Gasteiger partial charge < -0.3 is 10.1 Å². The lowest BCUT2D eigenvalue weighted by Gasteiger charge is -2.13. The third-order valence-corrected chi connectivity index (χ3v) is 5.93. The van der Waals surface area contributed by atoms with Crippen molar-refractivity contribution in [3.63, 3.8) is 0 Å². The van der Waals surface area contributed by atoms with Crippen LogP contribution in [0.25, 0.3) is 21.3 Å². The molecule has 0 saturated carbocycles.